The maximum absolute atomic E-state index is 6.61. The summed E-state index contributed by atoms with van der Waals surface area (Å²) in [5.41, 5.74) is 12.8. The lowest BCUT2D eigenvalue weighted by Gasteiger charge is -2.39. The van der Waals surface area contributed by atoms with Gasteiger partial charge in [0.2, 0.25) is 0 Å². The zero-order valence-electron chi connectivity index (χ0n) is 32.7. The van der Waals surface area contributed by atoms with Crippen molar-refractivity contribution < 1.29 is 9.15 Å². The Labute approximate surface area is 351 Å². The number of aromatic nitrogens is 3. The van der Waals surface area contributed by atoms with Gasteiger partial charge in [0.1, 0.15) is 22.7 Å². The Hall–Kier alpha value is -8.15. The molecule has 9 aromatic carbocycles. The van der Waals surface area contributed by atoms with Gasteiger partial charge >= 0.3 is 0 Å². The summed E-state index contributed by atoms with van der Waals surface area (Å²) in [6.45, 7) is 0. The van der Waals surface area contributed by atoms with E-state index in [0.29, 0.717) is 17.5 Å². The highest BCUT2D eigenvalue weighted by Crippen LogP contribution is 2.63. The standard InChI is InChI=1S/C56H33N3O2/c1-2-14-37-33-38(32-29-34(37)13-1)35-27-30-36(31-28-35)53-57-54(59-55(58-53)42-18-12-26-50-52(42)40-16-4-8-23-47(40)60-50)41-17-11-22-46-51(41)39-15-3-5-19-43(39)56(46)44-20-6-9-24-48(44)61-49-25-10-7-21-45(49)56/h1-33H. The summed E-state index contributed by atoms with van der Waals surface area (Å²) in [5, 5.41) is 4.43. The van der Waals surface area contributed by atoms with E-state index in [4.69, 9.17) is 24.1 Å². The molecule has 5 heteroatoms. The van der Waals surface area contributed by atoms with Crippen molar-refractivity contribution in [3.8, 4) is 67.9 Å². The van der Waals surface area contributed by atoms with Crippen LogP contribution in [0.3, 0.4) is 0 Å². The second kappa shape index (κ2) is 12.9. The van der Waals surface area contributed by atoms with E-state index >= 15 is 0 Å². The summed E-state index contributed by atoms with van der Waals surface area (Å²) in [6, 6.07) is 70.1. The van der Waals surface area contributed by atoms with E-state index in [2.05, 4.69) is 158 Å². The number of fused-ring (bicyclic) bond motifs is 13. The largest absolute Gasteiger partial charge is 0.457 e. The Balaban J connectivity index is 1.06. The zero-order valence-corrected chi connectivity index (χ0v) is 32.7. The third-order valence-electron chi connectivity index (χ3n) is 12.6. The molecule has 5 nitrogen and oxygen atoms in total. The number of hydrogen-bond donors (Lipinski definition) is 0. The van der Waals surface area contributed by atoms with E-state index in [1.54, 1.807) is 0 Å². The van der Waals surface area contributed by atoms with Gasteiger partial charge in [0, 0.05) is 38.6 Å². The van der Waals surface area contributed by atoms with Crippen LogP contribution in [0.2, 0.25) is 0 Å². The molecule has 61 heavy (non-hydrogen) atoms. The molecule has 1 aliphatic heterocycles. The van der Waals surface area contributed by atoms with Crippen LogP contribution in [0, 0.1) is 0 Å². The summed E-state index contributed by atoms with van der Waals surface area (Å²) >= 11 is 0. The van der Waals surface area contributed by atoms with Crippen molar-refractivity contribution >= 4 is 32.7 Å². The summed E-state index contributed by atoms with van der Waals surface area (Å²) in [6.07, 6.45) is 0. The highest BCUT2D eigenvalue weighted by Gasteiger charge is 2.51. The van der Waals surface area contributed by atoms with Crippen molar-refractivity contribution in [1.29, 1.82) is 0 Å². The SMILES string of the molecule is c1ccc2c(c1)Oc1ccccc1C21c2ccccc2-c2c(-c3nc(-c4ccc(-c5ccc6ccccc6c5)cc4)nc(-c4cccc5oc6ccccc6c45)n3)cccc21. The van der Waals surface area contributed by atoms with Crippen molar-refractivity contribution in [2.24, 2.45) is 0 Å². The van der Waals surface area contributed by atoms with E-state index in [1.165, 1.54) is 21.9 Å². The Kier molecular flexibility index (Phi) is 7.16. The first-order valence-corrected chi connectivity index (χ1v) is 20.6. The Morgan fingerprint density at radius 2 is 0.918 bits per heavy atom. The lowest BCUT2D eigenvalue weighted by molar-refractivity contribution is 0.436. The van der Waals surface area contributed by atoms with E-state index in [-0.39, 0.29) is 0 Å². The smallest absolute Gasteiger partial charge is 0.164 e. The van der Waals surface area contributed by atoms with Gasteiger partial charge in [0.15, 0.2) is 17.5 Å². The van der Waals surface area contributed by atoms with Gasteiger partial charge in [-0.15, -0.1) is 0 Å². The zero-order chi connectivity index (χ0) is 40.1. The molecule has 13 rings (SSSR count). The summed E-state index contributed by atoms with van der Waals surface area (Å²) in [4.78, 5) is 16.1. The lowest BCUT2D eigenvalue weighted by atomic mass is 9.66. The van der Waals surface area contributed by atoms with Crippen LogP contribution in [0.1, 0.15) is 22.3 Å². The van der Waals surface area contributed by atoms with Crippen LogP contribution in [0.4, 0.5) is 0 Å². The Bertz CT molecular complexity index is 3540. The molecule has 1 spiro atoms. The molecule has 0 atom stereocenters. The van der Waals surface area contributed by atoms with Gasteiger partial charge in [-0.1, -0.05) is 170 Å². The van der Waals surface area contributed by atoms with Gasteiger partial charge in [-0.05, 0) is 74.5 Å². The molecule has 0 N–H and O–H groups in total. The lowest BCUT2D eigenvalue weighted by Crippen LogP contribution is -2.32. The number of nitrogens with zero attached hydrogens (tertiary/aromatic N) is 3. The predicted octanol–water partition coefficient (Wildman–Crippen LogP) is 14.1. The molecule has 0 saturated carbocycles. The fraction of sp³-hybridized carbons (Fsp3) is 0.0179. The molecule has 3 heterocycles. The average Bonchev–Trinajstić information content (AvgIpc) is 3.86. The monoisotopic (exact) mass is 779 g/mol. The van der Waals surface area contributed by atoms with Gasteiger partial charge in [-0.3, -0.25) is 0 Å². The van der Waals surface area contributed by atoms with E-state index in [0.717, 1.165) is 83.5 Å². The van der Waals surface area contributed by atoms with Gasteiger partial charge in [0.25, 0.3) is 0 Å². The number of ether oxygens (including phenoxy) is 1. The third kappa shape index (κ3) is 4.92. The highest BCUT2D eigenvalue weighted by molar-refractivity contribution is 6.12. The fourth-order valence-electron chi connectivity index (χ4n) is 9.98. The van der Waals surface area contributed by atoms with E-state index in [1.807, 2.05) is 42.5 Å². The Morgan fingerprint density at radius 1 is 0.361 bits per heavy atom. The second-order valence-electron chi connectivity index (χ2n) is 15.8. The molecule has 0 amide bonds. The first-order valence-electron chi connectivity index (χ1n) is 20.6. The molecule has 0 unspecified atom stereocenters. The maximum atomic E-state index is 6.61. The van der Waals surface area contributed by atoms with Crippen LogP contribution >= 0.6 is 0 Å². The highest BCUT2D eigenvalue weighted by atomic mass is 16.5. The molecule has 0 saturated heterocycles. The van der Waals surface area contributed by atoms with Crippen molar-refractivity contribution in [3.63, 3.8) is 0 Å². The Morgan fingerprint density at radius 3 is 1.74 bits per heavy atom. The van der Waals surface area contributed by atoms with Crippen LogP contribution < -0.4 is 4.74 Å². The van der Waals surface area contributed by atoms with Gasteiger partial charge in [-0.25, -0.2) is 15.0 Å². The van der Waals surface area contributed by atoms with Crippen LogP contribution in [0.25, 0.3) is 89.1 Å². The molecule has 2 aromatic heterocycles. The first kappa shape index (κ1) is 33.8. The normalized spacial score (nSPS) is 13.2. The summed E-state index contributed by atoms with van der Waals surface area (Å²) in [7, 11) is 0. The molecule has 2 aliphatic rings. The molecule has 11 aromatic rings. The molecular formula is C56H33N3O2. The topological polar surface area (TPSA) is 61.0 Å². The van der Waals surface area contributed by atoms with Gasteiger partial charge in [0.05, 0.1) is 5.41 Å². The molecule has 0 fully saturated rings. The quantitative estimate of drug-likeness (QED) is 0.178. The number of benzene rings is 9. The minimum absolute atomic E-state index is 0.580. The molecule has 0 bridgehead atoms. The van der Waals surface area contributed by atoms with Crippen LogP contribution in [0.15, 0.2) is 205 Å². The molecular weight excluding hydrogens is 747 g/mol. The molecule has 1 aliphatic carbocycles. The number of furan rings is 1. The van der Waals surface area contributed by atoms with E-state index < -0.39 is 5.41 Å². The molecule has 284 valence electrons. The van der Waals surface area contributed by atoms with Crippen molar-refractivity contribution in [1.82, 2.24) is 15.0 Å². The van der Waals surface area contributed by atoms with Crippen LogP contribution in [-0.2, 0) is 5.41 Å². The minimum Gasteiger partial charge on any atom is -0.457 e. The van der Waals surface area contributed by atoms with Crippen LogP contribution in [-0.4, -0.2) is 15.0 Å². The van der Waals surface area contributed by atoms with Crippen molar-refractivity contribution in [2.75, 3.05) is 0 Å². The van der Waals surface area contributed by atoms with Gasteiger partial charge < -0.3 is 9.15 Å². The maximum Gasteiger partial charge on any atom is 0.164 e. The first-order chi connectivity index (χ1) is 30.2. The fourth-order valence-corrected chi connectivity index (χ4v) is 9.98. The van der Waals surface area contributed by atoms with Crippen molar-refractivity contribution in [2.45, 2.75) is 5.41 Å². The predicted molar refractivity (Wildman–Crippen MR) is 244 cm³/mol. The van der Waals surface area contributed by atoms with Gasteiger partial charge in [-0.2, -0.15) is 0 Å². The summed E-state index contributed by atoms with van der Waals surface area (Å²) in [5.74, 6) is 3.48. The van der Waals surface area contributed by atoms with E-state index in [9.17, 15) is 0 Å². The number of para-hydroxylation sites is 3. The number of hydrogen-bond acceptors (Lipinski definition) is 5. The average molecular weight is 780 g/mol. The molecule has 0 radical (unpaired) electrons. The van der Waals surface area contributed by atoms with Crippen molar-refractivity contribution in [3.05, 3.63) is 222 Å². The van der Waals surface area contributed by atoms with Crippen LogP contribution in [0.5, 0.6) is 11.5 Å². The third-order valence-corrected chi connectivity index (χ3v) is 12.6. The number of rotatable bonds is 4. The second-order valence-corrected chi connectivity index (χ2v) is 15.8. The summed E-state index contributed by atoms with van der Waals surface area (Å²) < 4.78 is 13.0. The minimum atomic E-state index is -0.619.